The summed E-state index contributed by atoms with van der Waals surface area (Å²) in [6, 6.07) is 4.15. The molecule has 0 spiro atoms. The van der Waals surface area contributed by atoms with E-state index in [1.807, 2.05) is 12.3 Å². The molecule has 6 nitrogen and oxygen atoms in total. The Balaban J connectivity index is 1.44. The number of pyridine rings is 1. The Labute approximate surface area is 198 Å². The van der Waals surface area contributed by atoms with E-state index in [9.17, 15) is 0 Å². The number of piperidine rings is 1. The second-order valence-corrected chi connectivity index (χ2v) is 10.0. The predicted octanol–water partition coefficient (Wildman–Crippen LogP) is 5.42. The maximum Gasteiger partial charge on any atom is 0.228 e. The van der Waals surface area contributed by atoms with Crippen molar-refractivity contribution in [1.82, 2.24) is 19.9 Å². The first-order valence-corrected chi connectivity index (χ1v) is 12.2. The molecule has 1 saturated carbocycles. The highest BCUT2D eigenvalue weighted by atomic mass is 32.1. The van der Waals surface area contributed by atoms with Gasteiger partial charge in [0, 0.05) is 29.7 Å². The molecule has 1 saturated heterocycles. The second-order valence-electron chi connectivity index (χ2n) is 9.56. The maximum absolute atomic E-state index is 4.81. The second kappa shape index (κ2) is 9.79. The van der Waals surface area contributed by atoms with E-state index in [1.165, 1.54) is 36.9 Å². The Bertz CT molecular complexity index is 941. The van der Waals surface area contributed by atoms with Gasteiger partial charge in [-0.25, -0.2) is 15.0 Å². The molecule has 7 heteroatoms. The number of rotatable bonds is 6. The zero-order valence-corrected chi connectivity index (χ0v) is 20.7. The molecule has 0 amide bonds. The molecule has 1 N–H and O–H groups in total. The van der Waals surface area contributed by atoms with Crippen molar-refractivity contribution in [3.63, 3.8) is 0 Å². The third-order valence-corrected chi connectivity index (χ3v) is 7.75. The van der Waals surface area contributed by atoms with Crippen LogP contribution in [0.5, 0.6) is 0 Å². The molecule has 32 heavy (non-hydrogen) atoms. The first-order chi connectivity index (χ1) is 15.4. The molecule has 2 aliphatic rings. The van der Waals surface area contributed by atoms with Gasteiger partial charge in [0.1, 0.15) is 5.82 Å². The summed E-state index contributed by atoms with van der Waals surface area (Å²) in [4.78, 5) is 19.5. The SMILES string of the molecule is C/C=C(/c1nc(Nc2ccc(N3CCC(C)(N(C)C)CC3)cn2)ncc1S)C1CCCC1. The van der Waals surface area contributed by atoms with Crippen LogP contribution in [0.1, 0.15) is 58.1 Å². The van der Waals surface area contributed by atoms with E-state index in [0.717, 1.165) is 42.3 Å². The fraction of sp³-hybridized carbons (Fsp3) is 0.560. The van der Waals surface area contributed by atoms with E-state index in [-0.39, 0.29) is 5.54 Å². The van der Waals surface area contributed by atoms with Crippen LogP contribution in [0, 0.1) is 5.92 Å². The molecular weight excluding hydrogens is 416 g/mol. The molecule has 0 unspecified atom stereocenters. The number of thiol groups is 1. The fourth-order valence-electron chi connectivity index (χ4n) is 4.91. The molecule has 2 fully saturated rings. The van der Waals surface area contributed by atoms with E-state index in [2.05, 4.69) is 77.8 Å². The molecule has 172 valence electrons. The summed E-state index contributed by atoms with van der Waals surface area (Å²) in [5.41, 5.74) is 3.68. The van der Waals surface area contributed by atoms with Gasteiger partial charge in [-0.2, -0.15) is 0 Å². The van der Waals surface area contributed by atoms with Crippen LogP contribution in [-0.4, -0.2) is 52.6 Å². The normalized spacial score (nSPS) is 19.6. The minimum atomic E-state index is 0.282. The minimum absolute atomic E-state index is 0.282. The van der Waals surface area contributed by atoms with Gasteiger partial charge in [0.15, 0.2) is 0 Å². The van der Waals surface area contributed by atoms with Gasteiger partial charge in [0.2, 0.25) is 5.95 Å². The monoisotopic (exact) mass is 452 g/mol. The largest absolute Gasteiger partial charge is 0.370 e. The molecule has 0 radical (unpaired) electrons. The summed E-state index contributed by atoms with van der Waals surface area (Å²) in [6.07, 6.45) is 13.3. The van der Waals surface area contributed by atoms with Crippen LogP contribution in [0.15, 0.2) is 35.5 Å². The number of aromatic nitrogens is 3. The van der Waals surface area contributed by atoms with Gasteiger partial charge >= 0.3 is 0 Å². The van der Waals surface area contributed by atoms with Crippen molar-refractivity contribution in [3.05, 3.63) is 36.3 Å². The van der Waals surface area contributed by atoms with Crippen molar-refractivity contribution in [2.45, 2.75) is 62.8 Å². The van der Waals surface area contributed by atoms with Crippen molar-refractivity contribution in [2.24, 2.45) is 5.92 Å². The molecule has 0 atom stereocenters. The Morgan fingerprint density at radius 3 is 2.47 bits per heavy atom. The van der Waals surface area contributed by atoms with E-state index in [1.54, 1.807) is 6.20 Å². The van der Waals surface area contributed by atoms with Crippen LogP contribution >= 0.6 is 12.6 Å². The average Bonchev–Trinajstić information content (AvgIpc) is 3.32. The van der Waals surface area contributed by atoms with Crippen LogP contribution in [0.4, 0.5) is 17.5 Å². The molecule has 2 aromatic heterocycles. The summed E-state index contributed by atoms with van der Waals surface area (Å²) in [5.74, 6) is 1.89. The fourth-order valence-corrected chi connectivity index (χ4v) is 5.14. The number of hydrogen-bond acceptors (Lipinski definition) is 7. The highest BCUT2D eigenvalue weighted by Crippen LogP contribution is 2.38. The summed E-state index contributed by atoms with van der Waals surface area (Å²) in [5, 5.41) is 3.28. The summed E-state index contributed by atoms with van der Waals surface area (Å²) in [6.45, 7) is 6.54. The van der Waals surface area contributed by atoms with E-state index in [0.29, 0.717) is 11.9 Å². The van der Waals surface area contributed by atoms with Crippen LogP contribution in [-0.2, 0) is 0 Å². The van der Waals surface area contributed by atoms with Crippen molar-refractivity contribution in [1.29, 1.82) is 0 Å². The number of hydrogen-bond donors (Lipinski definition) is 2. The molecule has 0 aromatic carbocycles. The highest BCUT2D eigenvalue weighted by molar-refractivity contribution is 7.80. The smallest absolute Gasteiger partial charge is 0.228 e. The van der Waals surface area contributed by atoms with Crippen LogP contribution in [0.3, 0.4) is 0 Å². The molecule has 3 heterocycles. The van der Waals surface area contributed by atoms with Crippen molar-refractivity contribution < 1.29 is 0 Å². The molecule has 2 aromatic rings. The number of nitrogens with zero attached hydrogens (tertiary/aromatic N) is 5. The van der Waals surface area contributed by atoms with Crippen LogP contribution < -0.4 is 10.2 Å². The van der Waals surface area contributed by atoms with E-state index >= 15 is 0 Å². The van der Waals surface area contributed by atoms with Gasteiger partial charge in [-0.1, -0.05) is 18.9 Å². The lowest BCUT2D eigenvalue weighted by molar-refractivity contribution is 0.137. The lowest BCUT2D eigenvalue weighted by Crippen LogP contribution is -2.50. The van der Waals surface area contributed by atoms with Crippen molar-refractivity contribution >= 4 is 35.7 Å². The van der Waals surface area contributed by atoms with Gasteiger partial charge in [-0.15, -0.1) is 12.6 Å². The van der Waals surface area contributed by atoms with Crippen LogP contribution in [0.25, 0.3) is 5.57 Å². The lowest BCUT2D eigenvalue weighted by atomic mass is 9.88. The Hall–Kier alpha value is -2.12. The molecule has 4 rings (SSSR count). The minimum Gasteiger partial charge on any atom is -0.370 e. The Morgan fingerprint density at radius 2 is 1.88 bits per heavy atom. The third kappa shape index (κ3) is 4.94. The molecule has 1 aliphatic heterocycles. The first-order valence-electron chi connectivity index (χ1n) is 11.8. The third-order valence-electron chi connectivity index (χ3n) is 7.42. The van der Waals surface area contributed by atoms with Gasteiger partial charge < -0.3 is 15.1 Å². The molecule has 0 bridgehead atoms. The number of anilines is 3. The lowest BCUT2D eigenvalue weighted by Gasteiger charge is -2.44. The predicted molar refractivity (Wildman–Crippen MR) is 136 cm³/mol. The van der Waals surface area contributed by atoms with Crippen LogP contribution in [0.2, 0.25) is 0 Å². The van der Waals surface area contributed by atoms with Gasteiger partial charge in [-0.05, 0) is 77.2 Å². The Kier molecular flexibility index (Phi) is 7.05. The standard InChI is InChI=1S/C25H36N6S/c1-5-20(18-8-6-7-9-18)23-21(32)17-27-24(29-23)28-22-11-10-19(16-26-22)31-14-12-25(2,13-15-31)30(3)4/h5,10-11,16-18,32H,6-9,12-15H2,1-4H3,(H,26,27,28,29)/b20-5+. The maximum atomic E-state index is 4.81. The topological polar surface area (TPSA) is 57.2 Å². The zero-order valence-electron chi connectivity index (χ0n) is 19.8. The van der Waals surface area contributed by atoms with Crippen molar-refractivity contribution in [2.75, 3.05) is 37.4 Å². The van der Waals surface area contributed by atoms with Gasteiger partial charge in [0.05, 0.1) is 17.6 Å². The van der Waals surface area contributed by atoms with Gasteiger partial charge in [0.25, 0.3) is 0 Å². The highest BCUT2D eigenvalue weighted by Gasteiger charge is 2.32. The number of nitrogens with one attached hydrogen (secondary N) is 1. The average molecular weight is 453 g/mol. The first kappa shape index (κ1) is 23.1. The number of allylic oxidation sites excluding steroid dienone is 2. The van der Waals surface area contributed by atoms with E-state index < -0.39 is 0 Å². The quantitative estimate of drug-likeness (QED) is 0.571. The molecule has 1 aliphatic carbocycles. The van der Waals surface area contributed by atoms with E-state index in [4.69, 9.17) is 4.98 Å². The zero-order chi connectivity index (χ0) is 22.7. The summed E-state index contributed by atoms with van der Waals surface area (Å²) >= 11 is 4.64. The summed E-state index contributed by atoms with van der Waals surface area (Å²) in [7, 11) is 4.36. The van der Waals surface area contributed by atoms with Crippen molar-refractivity contribution in [3.8, 4) is 0 Å². The Morgan fingerprint density at radius 1 is 1.16 bits per heavy atom. The summed E-state index contributed by atoms with van der Waals surface area (Å²) < 4.78 is 0. The molecular formula is C25H36N6S. The van der Waals surface area contributed by atoms with Gasteiger partial charge in [-0.3, -0.25) is 0 Å².